The van der Waals surface area contributed by atoms with E-state index in [0.717, 1.165) is 16.3 Å². The van der Waals surface area contributed by atoms with E-state index in [1.807, 2.05) is 33.7 Å². The number of carbonyl (C=O) groups is 2. The molecule has 0 fully saturated rings. The number of aromatic nitrogens is 1. The summed E-state index contributed by atoms with van der Waals surface area (Å²) in [6.07, 6.45) is 0.273. The van der Waals surface area contributed by atoms with Crippen LogP contribution in [0.15, 0.2) is 39.7 Å². The number of ketones is 1. The van der Waals surface area contributed by atoms with E-state index < -0.39 is 0 Å². The Labute approximate surface area is 145 Å². The monoisotopic (exact) mass is 363 g/mol. The van der Waals surface area contributed by atoms with Crippen molar-refractivity contribution in [1.82, 2.24) is 4.98 Å². The van der Waals surface area contributed by atoms with E-state index in [4.69, 9.17) is 4.74 Å². The fraction of sp³-hybridized carbons (Fsp3) is 0.188. The van der Waals surface area contributed by atoms with Crippen molar-refractivity contribution in [2.75, 3.05) is 0 Å². The number of carbonyl (C=O) groups excluding carboxylic acids is 2. The largest absolute Gasteiger partial charge is 0.459 e. The van der Waals surface area contributed by atoms with Crippen LogP contribution in [0.5, 0.6) is 0 Å². The number of thiophene rings is 2. The maximum Gasteiger partial charge on any atom is 0.306 e. The van der Waals surface area contributed by atoms with Gasteiger partial charge in [-0.15, -0.1) is 22.7 Å². The molecular weight excluding hydrogens is 350 g/mol. The molecular formula is C16H13NO3S3. The molecule has 0 aromatic carbocycles. The van der Waals surface area contributed by atoms with E-state index >= 15 is 0 Å². The molecule has 3 aromatic rings. The van der Waals surface area contributed by atoms with E-state index in [0.29, 0.717) is 4.88 Å². The molecule has 7 heteroatoms. The fourth-order valence-corrected chi connectivity index (χ4v) is 4.11. The molecule has 0 saturated carbocycles. The molecule has 0 aliphatic heterocycles. The van der Waals surface area contributed by atoms with Crippen LogP contribution in [0.2, 0.25) is 0 Å². The van der Waals surface area contributed by atoms with Crippen LogP contribution in [0, 0.1) is 0 Å². The van der Waals surface area contributed by atoms with Gasteiger partial charge in [-0.3, -0.25) is 9.59 Å². The van der Waals surface area contributed by atoms with Crippen molar-refractivity contribution in [2.24, 2.45) is 0 Å². The van der Waals surface area contributed by atoms with E-state index in [1.54, 1.807) is 17.4 Å². The van der Waals surface area contributed by atoms with Crippen LogP contribution in [-0.2, 0) is 16.1 Å². The van der Waals surface area contributed by atoms with Gasteiger partial charge in [-0.2, -0.15) is 11.3 Å². The number of hydrogen-bond acceptors (Lipinski definition) is 7. The highest BCUT2D eigenvalue weighted by molar-refractivity contribution is 7.14. The number of ether oxygens (including phenoxy) is 1. The molecule has 23 heavy (non-hydrogen) atoms. The average molecular weight is 363 g/mol. The van der Waals surface area contributed by atoms with Crippen molar-refractivity contribution in [3.05, 3.63) is 50.3 Å². The summed E-state index contributed by atoms with van der Waals surface area (Å²) < 4.78 is 5.19. The molecule has 0 aliphatic rings. The molecule has 3 heterocycles. The molecule has 0 radical (unpaired) electrons. The van der Waals surface area contributed by atoms with Crippen LogP contribution in [0.1, 0.15) is 28.2 Å². The van der Waals surface area contributed by atoms with Gasteiger partial charge in [0.1, 0.15) is 11.6 Å². The second kappa shape index (κ2) is 7.63. The Morgan fingerprint density at radius 2 is 2.00 bits per heavy atom. The number of hydrogen-bond donors (Lipinski definition) is 0. The van der Waals surface area contributed by atoms with E-state index in [9.17, 15) is 9.59 Å². The molecule has 0 bridgehead atoms. The highest BCUT2D eigenvalue weighted by Gasteiger charge is 2.12. The predicted molar refractivity (Wildman–Crippen MR) is 93.1 cm³/mol. The summed E-state index contributed by atoms with van der Waals surface area (Å²) in [6.45, 7) is 0.145. The highest BCUT2D eigenvalue weighted by Crippen LogP contribution is 2.25. The molecule has 118 valence electrons. The van der Waals surface area contributed by atoms with E-state index in [-0.39, 0.29) is 31.2 Å². The zero-order chi connectivity index (χ0) is 16.1. The molecule has 0 N–H and O–H groups in total. The molecule has 4 nitrogen and oxygen atoms in total. The first-order valence-corrected chi connectivity index (χ1v) is 9.62. The van der Waals surface area contributed by atoms with Gasteiger partial charge in [-0.05, 0) is 22.9 Å². The van der Waals surface area contributed by atoms with Gasteiger partial charge in [0, 0.05) is 22.7 Å². The number of rotatable bonds is 7. The zero-order valence-corrected chi connectivity index (χ0v) is 14.5. The first-order chi connectivity index (χ1) is 11.2. The van der Waals surface area contributed by atoms with Crippen molar-refractivity contribution >= 4 is 45.8 Å². The third kappa shape index (κ3) is 4.34. The second-order valence-corrected chi connectivity index (χ2v) is 7.30. The van der Waals surface area contributed by atoms with Gasteiger partial charge in [0.15, 0.2) is 5.78 Å². The van der Waals surface area contributed by atoms with E-state index in [1.165, 1.54) is 22.7 Å². The third-order valence-corrected chi connectivity index (χ3v) is 5.59. The average Bonchev–Trinajstić information content (AvgIpc) is 3.32. The number of Topliss-reactive ketones (excluding diaryl/α,β-unsaturated/α-hetero) is 1. The van der Waals surface area contributed by atoms with Gasteiger partial charge in [-0.1, -0.05) is 6.07 Å². The first-order valence-electron chi connectivity index (χ1n) is 6.91. The molecule has 0 aliphatic carbocycles. The Bertz CT molecular complexity index is 775. The van der Waals surface area contributed by atoms with Crippen molar-refractivity contribution < 1.29 is 14.3 Å². The van der Waals surface area contributed by atoms with Crippen LogP contribution < -0.4 is 0 Å². The Morgan fingerprint density at radius 1 is 1.09 bits per heavy atom. The first kappa shape index (κ1) is 16.0. The summed E-state index contributed by atoms with van der Waals surface area (Å²) in [5.74, 6) is -0.398. The van der Waals surface area contributed by atoms with Crippen molar-refractivity contribution in [3.63, 3.8) is 0 Å². The summed E-state index contributed by atoms with van der Waals surface area (Å²) in [6, 6.07) is 5.60. The number of nitrogens with zero attached hydrogens (tertiary/aromatic N) is 1. The summed E-state index contributed by atoms with van der Waals surface area (Å²) in [7, 11) is 0. The molecule has 0 unspecified atom stereocenters. The van der Waals surface area contributed by atoms with E-state index in [2.05, 4.69) is 4.98 Å². The summed E-state index contributed by atoms with van der Waals surface area (Å²) >= 11 is 4.53. The SMILES string of the molecule is O=C(CCC(=O)c1cccs1)OCc1csc(-c2ccsc2)n1. The minimum absolute atomic E-state index is 0.0228. The molecule has 3 aromatic heterocycles. The highest BCUT2D eigenvalue weighted by atomic mass is 32.1. The van der Waals surface area contributed by atoms with Gasteiger partial charge in [-0.25, -0.2) is 4.98 Å². The Kier molecular flexibility index (Phi) is 5.32. The van der Waals surface area contributed by atoms with Gasteiger partial charge >= 0.3 is 5.97 Å². The molecule has 0 spiro atoms. The molecule has 0 atom stereocenters. The lowest BCUT2D eigenvalue weighted by Crippen LogP contribution is -2.07. The smallest absolute Gasteiger partial charge is 0.306 e. The molecule has 0 amide bonds. The van der Waals surface area contributed by atoms with Crippen LogP contribution in [-0.4, -0.2) is 16.7 Å². The third-order valence-electron chi connectivity index (χ3n) is 3.05. The van der Waals surface area contributed by atoms with Gasteiger partial charge < -0.3 is 4.74 Å². The van der Waals surface area contributed by atoms with Crippen molar-refractivity contribution in [2.45, 2.75) is 19.4 Å². The van der Waals surface area contributed by atoms with Crippen LogP contribution in [0.3, 0.4) is 0 Å². The summed E-state index contributed by atoms with van der Waals surface area (Å²) in [4.78, 5) is 28.7. The van der Waals surface area contributed by atoms with Crippen LogP contribution in [0.25, 0.3) is 10.6 Å². The lowest BCUT2D eigenvalue weighted by molar-refractivity contribution is -0.145. The van der Waals surface area contributed by atoms with Crippen molar-refractivity contribution in [1.29, 1.82) is 0 Å². The zero-order valence-electron chi connectivity index (χ0n) is 12.1. The number of thiazole rings is 1. The van der Waals surface area contributed by atoms with Gasteiger partial charge in [0.05, 0.1) is 17.0 Å². The normalized spacial score (nSPS) is 10.6. The molecule has 3 rings (SSSR count). The maximum atomic E-state index is 11.8. The molecule has 0 saturated heterocycles. The minimum atomic E-state index is -0.375. The summed E-state index contributed by atoms with van der Waals surface area (Å²) in [5, 5.41) is 8.69. The standard InChI is InChI=1S/C16H13NO3S3/c18-13(14-2-1-6-22-14)3-4-15(19)20-8-12-10-23-16(17-12)11-5-7-21-9-11/h1-2,5-7,9-10H,3-4,8H2. The van der Waals surface area contributed by atoms with Crippen LogP contribution in [0.4, 0.5) is 0 Å². The Hall–Kier alpha value is -1.83. The lowest BCUT2D eigenvalue weighted by Gasteiger charge is -2.02. The quantitative estimate of drug-likeness (QED) is 0.453. The van der Waals surface area contributed by atoms with Crippen LogP contribution >= 0.6 is 34.0 Å². The number of esters is 1. The lowest BCUT2D eigenvalue weighted by atomic mass is 10.2. The summed E-state index contributed by atoms with van der Waals surface area (Å²) in [5.41, 5.74) is 1.81. The Morgan fingerprint density at radius 3 is 2.74 bits per heavy atom. The van der Waals surface area contributed by atoms with Gasteiger partial charge in [0.2, 0.25) is 0 Å². The maximum absolute atomic E-state index is 11.8. The van der Waals surface area contributed by atoms with Crippen molar-refractivity contribution in [3.8, 4) is 10.6 Å². The second-order valence-electron chi connectivity index (χ2n) is 4.72. The predicted octanol–water partition coefficient (Wildman–Crippen LogP) is 4.64. The fourth-order valence-electron chi connectivity index (χ4n) is 1.89. The van der Waals surface area contributed by atoms with Gasteiger partial charge in [0.25, 0.3) is 0 Å². The minimum Gasteiger partial charge on any atom is -0.459 e. The topological polar surface area (TPSA) is 56.3 Å². The Balaban J connectivity index is 1.45.